The molecule has 0 saturated carbocycles. The minimum absolute atomic E-state index is 0.354. The smallest absolute Gasteiger partial charge is 0.264 e. The van der Waals surface area contributed by atoms with Crippen molar-refractivity contribution < 1.29 is 4.79 Å². The van der Waals surface area contributed by atoms with Gasteiger partial charge in [0.05, 0.1) is 0 Å². The first kappa shape index (κ1) is 7.91. The molecule has 9 heavy (non-hydrogen) atoms. The Morgan fingerprint density at radius 1 is 1.78 bits per heavy atom. The van der Waals surface area contributed by atoms with Crippen LogP contribution in [0.1, 0.15) is 6.92 Å². The van der Waals surface area contributed by atoms with Crippen LogP contribution < -0.4 is 11.3 Å². The van der Waals surface area contributed by atoms with Crippen molar-refractivity contribution in [2.75, 3.05) is 0 Å². The van der Waals surface area contributed by atoms with Crippen LogP contribution in [0.25, 0.3) is 0 Å². The predicted octanol–water partition coefficient (Wildman–Crippen LogP) is 0.109. The van der Waals surface area contributed by atoms with Crippen molar-refractivity contribution in [2.45, 2.75) is 6.92 Å². The molecule has 0 fully saturated rings. The van der Waals surface area contributed by atoms with E-state index in [4.69, 9.17) is 5.84 Å². The molecule has 0 aliphatic rings. The molecule has 0 spiro atoms. The first-order chi connectivity index (χ1) is 4.22. The molecule has 3 nitrogen and oxygen atoms in total. The number of hydrazine groups is 1. The van der Waals surface area contributed by atoms with Gasteiger partial charge in [0, 0.05) is 5.57 Å². The molecule has 3 N–H and O–H groups in total. The van der Waals surface area contributed by atoms with Gasteiger partial charge in [0.1, 0.15) is 0 Å². The molecule has 0 saturated heterocycles. The van der Waals surface area contributed by atoms with Crippen molar-refractivity contribution in [1.29, 1.82) is 0 Å². The van der Waals surface area contributed by atoms with Crippen LogP contribution in [0.3, 0.4) is 0 Å². The average Bonchev–Trinajstić information content (AvgIpc) is 1.87. The second kappa shape index (κ2) is 3.86. The second-order valence-electron chi connectivity index (χ2n) is 1.50. The van der Waals surface area contributed by atoms with Crippen molar-refractivity contribution in [1.82, 2.24) is 5.43 Å². The van der Waals surface area contributed by atoms with E-state index in [0.717, 1.165) is 0 Å². The van der Waals surface area contributed by atoms with E-state index in [1.54, 1.807) is 19.1 Å². The van der Waals surface area contributed by atoms with E-state index >= 15 is 0 Å². The molecule has 0 unspecified atom stereocenters. The van der Waals surface area contributed by atoms with Gasteiger partial charge < -0.3 is 0 Å². The molecular weight excluding hydrogens is 116 g/mol. The Labute approximate surface area is 54.2 Å². The van der Waals surface area contributed by atoms with Gasteiger partial charge in [-0.05, 0) is 6.92 Å². The lowest BCUT2D eigenvalue weighted by Gasteiger charge is -1.94. The summed E-state index contributed by atoms with van der Waals surface area (Å²) < 4.78 is 0. The first-order valence-electron chi connectivity index (χ1n) is 2.55. The number of nitrogens with one attached hydrogen (secondary N) is 1. The number of rotatable bonds is 2. The molecule has 0 aromatic rings. The Bertz CT molecular complexity index is 149. The average molecular weight is 126 g/mol. The third-order valence-electron chi connectivity index (χ3n) is 0.791. The van der Waals surface area contributed by atoms with Gasteiger partial charge in [0.25, 0.3) is 5.91 Å². The molecular formula is C6H10N2O. The maximum atomic E-state index is 10.5. The van der Waals surface area contributed by atoms with E-state index < -0.39 is 0 Å². The van der Waals surface area contributed by atoms with Crippen molar-refractivity contribution in [3.63, 3.8) is 0 Å². The lowest BCUT2D eigenvalue weighted by molar-refractivity contribution is -0.117. The standard InChI is InChI=1S/C6H10N2O/c1-3-4-5(2)6(9)8-7/h3-4H,2,7H2,1H3,(H,8,9)/b4-3-. The van der Waals surface area contributed by atoms with Crippen LogP contribution in [-0.4, -0.2) is 5.91 Å². The maximum absolute atomic E-state index is 10.5. The molecule has 50 valence electrons. The summed E-state index contributed by atoms with van der Waals surface area (Å²) in [6, 6.07) is 0. The van der Waals surface area contributed by atoms with Crippen molar-refractivity contribution in [3.8, 4) is 0 Å². The lowest BCUT2D eigenvalue weighted by Crippen LogP contribution is -2.30. The molecule has 0 aliphatic carbocycles. The summed E-state index contributed by atoms with van der Waals surface area (Å²) in [4.78, 5) is 10.5. The molecule has 1 amide bonds. The van der Waals surface area contributed by atoms with E-state index in [0.29, 0.717) is 5.57 Å². The maximum Gasteiger partial charge on any atom is 0.264 e. The number of hydrogen-bond acceptors (Lipinski definition) is 2. The zero-order valence-electron chi connectivity index (χ0n) is 5.35. The Kier molecular flexibility index (Phi) is 3.39. The fraction of sp³-hybridized carbons (Fsp3) is 0.167. The quantitative estimate of drug-likeness (QED) is 0.181. The van der Waals surface area contributed by atoms with Crippen LogP contribution in [0.4, 0.5) is 0 Å². The Morgan fingerprint density at radius 3 is 2.67 bits per heavy atom. The van der Waals surface area contributed by atoms with Crippen molar-refractivity contribution >= 4 is 5.91 Å². The molecule has 3 heteroatoms. The third-order valence-corrected chi connectivity index (χ3v) is 0.791. The summed E-state index contributed by atoms with van der Waals surface area (Å²) in [5, 5.41) is 0. The molecule has 0 aliphatic heterocycles. The molecule has 0 bridgehead atoms. The Balaban J connectivity index is 3.89. The highest BCUT2D eigenvalue weighted by atomic mass is 16.2. The summed E-state index contributed by atoms with van der Waals surface area (Å²) in [7, 11) is 0. The highest BCUT2D eigenvalue weighted by Gasteiger charge is 1.96. The van der Waals surface area contributed by atoms with E-state index in [9.17, 15) is 4.79 Å². The van der Waals surface area contributed by atoms with Gasteiger partial charge in [-0.1, -0.05) is 18.7 Å². The summed E-state index contributed by atoms with van der Waals surface area (Å²) in [5.74, 6) is 4.46. The van der Waals surface area contributed by atoms with Crippen LogP contribution in [0.5, 0.6) is 0 Å². The summed E-state index contributed by atoms with van der Waals surface area (Å²) >= 11 is 0. The lowest BCUT2D eigenvalue weighted by atomic mass is 10.3. The van der Waals surface area contributed by atoms with Gasteiger partial charge in [-0.25, -0.2) is 5.84 Å². The number of allylic oxidation sites excluding steroid dienone is 1. The molecule has 0 rings (SSSR count). The second-order valence-corrected chi connectivity index (χ2v) is 1.50. The number of hydrogen-bond donors (Lipinski definition) is 2. The van der Waals surface area contributed by atoms with Crippen LogP contribution in [0, 0.1) is 0 Å². The minimum Gasteiger partial charge on any atom is -0.290 e. The molecule has 0 heterocycles. The van der Waals surface area contributed by atoms with E-state index in [2.05, 4.69) is 6.58 Å². The van der Waals surface area contributed by atoms with Gasteiger partial charge in [-0.15, -0.1) is 0 Å². The summed E-state index contributed by atoms with van der Waals surface area (Å²) in [5.41, 5.74) is 2.32. The van der Waals surface area contributed by atoms with Gasteiger partial charge in [-0.2, -0.15) is 0 Å². The molecule has 0 aromatic heterocycles. The third kappa shape index (κ3) is 2.66. The van der Waals surface area contributed by atoms with Crippen molar-refractivity contribution in [2.24, 2.45) is 5.84 Å². The van der Waals surface area contributed by atoms with Gasteiger partial charge >= 0.3 is 0 Å². The Morgan fingerprint density at radius 2 is 2.33 bits per heavy atom. The first-order valence-corrected chi connectivity index (χ1v) is 2.55. The fourth-order valence-corrected chi connectivity index (χ4v) is 0.370. The normalized spacial score (nSPS) is 9.56. The fourth-order valence-electron chi connectivity index (χ4n) is 0.370. The number of carbonyl (C=O) groups excluding carboxylic acids is 1. The Hall–Kier alpha value is -1.09. The highest BCUT2D eigenvalue weighted by molar-refractivity contribution is 5.94. The van der Waals surface area contributed by atoms with Crippen LogP contribution in [0.15, 0.2) is 24.3 Å². The van der Waals surface area contributed by atoms with Gasteiger partial charge in [-0.3, -0.25) is 10.2 Å². The summed E-state index contributed by atoms with van der Waals surface area (Å²) in [6.45, 7) is 5.24. The van der Waals surface area contributed by atoms with Gasteiger partial charge in [0.2, 0.25) is 0 Å². The number of nitrogens with two attached hydrogens (primary N) is 1. The zero-order chi connectivity index (χ0) is 7.28. The van der Waals surface area contributed by atoms with Gasteiger partial charge in [0.15, 0.2) is 0 Å². The van der Waals surface area contributed by atoms with E-state index in [1.165, 1.54) is 0 Å². The minimum atomic E-state index is -0.354. The van der Waals surface area contributed by atoms with Crippen LogP contribution in [0.2, 0.25) is 0 Å². The molecule has 0 aromatic carbocycles. The van der Waals surface area contributed by atoms with Crippen molar-refractivity contribution in [3.05, 3.63) is 24.3 Å². The largest absolute Gasteiger partial charge is 0.290 e. The summed E-state index contributed by atoms with van der Waals surface area (Å²) in [6.07, 6.45) is 3.31. The van der Waals surface area contributed by atoms with E-state index in [-0.39, 0.29) is 5.91 Å². The zero-order valence-corrected chi connectivity index (χ0v) is 5.35. The molecule has 0 radical (unpaired) electrons. The molecule has 0 atom stereocenters. The number of carbonyl (C=O) groups is 1. The number of amides is 1. The SMILES string of the molecule is C=C(/C=C\C)C(=O)NN. The topological polar surface area (TPSA) is 55.1 Å². The predicted molar refractivity (Wildman–Crippen MR) is 36.3 cm³/mol. The van der Waals surface area contributed by atoms with Crippen LogP contribution in [-0.2, 0) is 4.79 Å². The van der Waals surface area contributed by atoms with E-state index in [1.807, 2.05) is 5.43 Å². The highest BCUT2D eigenvalue weighted by Crippen LogP contribution is 1.89. The monoisotopic (exact) mass is 126 g/mol. The van der Waals surface area contributed by atoms with Crippen LogP contribution >= 0.6 is 0 Å².